The minimum Gasteiger partial charge on any atom is -0.447 e. The monoisotopic (exact) mass is 745 g/mol. The molecule has 0 saturated heterocycles. The summed E-state index contributed by atoms with van der Waals surface area (Å²) in [6, 6.07) is 8.29. The molecular formula is C33H38BrClFN7O5. The Hall–Kier alpha value is -4.04. The maximum absolute atomic E-state index is 15.9. The fourth-order valence-corrected chi connectivity index (χ4v) is 6.05. The average molecular weight is 747 g/mol. The molecule has 1 aliphatic heterocycles. The first kappa shape index (κ1) is 35.3. The van der Waals surface area contributed by atoms with Crippen molar-refractivity contribution < 1.29 is 28.2 Å². The van der Waals surface area contributed by atoms with Gasteiger partial charge in [0.1, 0.15) is 24.4 Å². The van der Waals surface area contributed by atoms with Crippen LogP contribution >= 0.6 is 27.5 Å². The summed E-state index contributed by atoms with van der Waals surface area (Å²) in [6.45, 7) is 10.4. The molecule has 1 aliphatic carbocycles. The number of aliphatic imine (C=N–C) groups is 1. The van der Waals surface area contributed by atoms with Crippen molar-refractivity contribution in [1.82, 2.24) is 30.7 Å². The van der Waals surface area contributed by atoms with Gasteiger partial charge in [-0.15, -0.1) is 0 Å². The van der Waals surface area contributed by atoms with Crippen LogP contribution in [0.5, 0.6) is 0 Å². The lowest BCUT2D eigenvalue weighted by molar-refractivity contribution is -0.135. The number of hydrogen-bond acceptors (Lipinski definition) is 8. The van der Waals surface area contributed by atoms with Gasteiger partial charge >= 0.3 is 12.2 Å². The van der Waals surface area contributed by atoms with Crippen molar-refractivity contribution in [3.63, 3.8) is 0 Å². The number of H-pyrrole nitrogens is 1. The Morgan fingerprint density at radius 3 is 2.48 bits per heavy atom. The lowest BCUT2D eigenvalue weighted by atomic mass is 9.75. The molecule has 2 aliphatic rings. The highest BCUT2D eigenvalue weighted by Gasteiger charge is 2.55. The number of aromatic nitrogens is 3. The molecule has 2 heterocycles. The van der Waals surface area contributed by atoms with Crippen molar-refractivity contribution in [2.45, 2.75) is 84.0 Å². The van der Waals surface area contributed by atoms with Crippen molar-refractivity contribution in [1.29, 1.82) is 0 Å². The summed E-state index contributed by atoms with van der Waals surface area (Å²) >= 11 is 9.85. The molecule has 256 valence electrons. The molecule has 2 aromatic carbocycles. The summed E-state index contributed by atoms with van der Waals surface area (Å²) < 4.78 is 27.6. The van der Waals surface area contributed by atoms with E-state index in [1.165, 1.54) is 23.4 Å². The number of carbonyl (C=O) groups is 3. The minimum absolute atomic E-state index is 0.0150. The number of halogens is 3. The molecule has 0 spiro atoms. The summed E-state index contributed by atoms with van der Waals surface area (Å²) in [7, 11) is 0. The molecule has 0 bridgehead atoms. The fraction of sp³-hybridized carbons (Fsp3) is 0.455. The number of amides is 3. The van der Waals surface area contributed by atoms with Crippen LogP contribution in [-0.4, -0.2) is 62.4 Å². The summed E-state index contributed by atoms with van der Waals surface area (Å²) in [4.78, 5) is 51.4. The van der Waals surface area contributed by atoms with E-state index in [9.17, 15) is 9.59 Å². The molecule has 3 aromatic rings. The maximum atomic E-state index is 15.9. The number of aromatic amines is 1. The molecule has 12 nitrogen and oxygen atoms in total. The van der Waals surface area contributed by atoms with Crippen LogP contribution in [0.1, 0.15) is 78.0 Å². The topological polar surface area (TPSA) is 151 Å². The van der Waals surface area contributed by atoms with E-state index < -0.39 is 46.5 Å². The number of guanidine groups is 1. The van der Waals surface area contributed by atoms with Crippen LogP contribution in [0.25, 0.3) is 11.4 Å². The van der Waals surface area contributed by atoms with Crippen molar-refractivity contribution >= 4 is 51.6 Å². The number of rotatable bonds is 8. The molecule has 5 rings (SSSR count). The first-order chi connectivity index (χ1) is 22.5. The van der Waals surface area contributed by atoms with Crippen LogP contribution in [0.2, 0.25) is 5.02 Å². The second-order valence-corrected chi connectivity index (χ2v) is 15.4. The van der Waals surface area contributed by atoms with Gasteiger partial charge in [-0.1, -0.05) is 60.4 Å². The van der Waals surface area contributed by atoms with Gasteiger partial charge < -0.3 is 14.8 Å². The van der Waals surface area contributed by atoms with Gasteiger partial charge in [0.25, 0.3) is 5.91 Å². The van der Waals surface area contributed by atoms with Crippen molar-refractivity contribution in [2.75, 3.05) is 6.61 Å². The van der Waals surface area contributed by atoms with Crippen LogP contribution in [-0.2, 0) is 19.8 Å². The first-order valence-corrected chi connectivity index (χ1v) is 16.6. The summed E-state index contributed by atoms with van der Waals surface area (Å²) in [5.41, 5.74) is -2.32. The minimum atomic E-state index is -1.82. The smallest absolute Gasteiger partial charge is 0.414 e. The van der Waals surface area contributed by atoms with Crippen molar-refractivity contribution in [3.8, 4) is 11.4 Å². The van der Waals surface area contributed by atoms with E-state index in [0.717, 1.165) is 12.8 Å². The predicted octanol–water partition coefficient (Wildman–Crippen LogP) is 7.01. The Morgan fingerprint density at radius 1 is 1.15 bits per heavy atom. The quantitative estimate of drug-likeness (QED) is 0.224. The first-order valence-electron chi connectivity index (χ1n) is 15.4. The van der Waals surface area contributed by atoms with Crippen LogP contribution < -0.4 is 10.6 Å². The molecule has 1 aromatic heterocycles. The number of nitrogens with zero attached hydrogens (tertiary/aromatic N) is 4. The molecule has 15 heteroatoms. The largest absolute Gasteiger partial charge is 0.447 e. The Bertz CT molecular complexity index is 1740. The molecule has 0 unspecified atom stereocenters. The second kappa shape index (κ2) is 13.5. The van der Waals surface area contributed by atoms with Crippen LogP contribution in [0.3, 0.4) is 0 Å². The van der Waals surface area contributed by atoms with Crippen LogP contribution in [0.4, 0.5) is 14.0 Å². The van der Waals surface area contributed by atoms with Crippen LogP contribution in [0.15, 0.2) is 52.2 Å². The molecule has 2 atom stereocenters. The molecular weight excluding hydrogens is 709 g/mol. The van der Waals surface area contributed by atoms with Gasteiger partial charge in [0, 0.05) is 21.6 Å². The Morgan fingerprint density at radius 2 is 1.88 bits per heavy atom. The van der Waals surface area contributed by atoms with E-state index in [4.69, 9.17) is 26.1 Å². The highest BCUT2D eigenvalue weighted by molar-refractivity contribution is 9.10. The SMILES string of the molecule is CC(C)(C)C[C@]1(c2ccc(Br)cc2F)N=C(NC(=O)OC(C)(C)C)N([C@H](COC(=O)NC2CC2)c2ccc(Cl)c(-c3ncn[nH]3)c2)C1=O. The molecule has 3 amide bonds. The Balaban J connectivity index is 1.68. The number of nitrogens with one attached hydrogen (secondary N) is 3. The number of hydrogen-bond donors (Lipinski definition) is 3. The zero-order chi connectivity index (χ0) is 35.0. The van der Waals surface area contributed by atoms with Gasteiger partial charge in [-0.25, -0.2) is 24.0 Å². The van der Waals surface area contributed by atoms with Gasteiger partial charge in [-0.3, -0.25) is 20.1 Å². The highest BCUT2D eigenvalue weighted by atomic mass is 79.9. The van der Waals surface area contributed by atoms with E-state index in [0.29, 0.717) is 26.4 Å². The van der Waals surface area contributed by atoms with Gasteiger partial charge in [-0.2, -0.15) is 5.10 Å². The molecule has 48 heavy (non-hydrogen) atoms. The molecule has 1 fully saturated rings. The zero-order valence-corrected chi connectivity index (χ0v) is 29.8. The number of ether oxygens (including phenoxy) is 2. The van der Waals surface area contributed by atoms with Crippen molar-refractivity contribution in [2.24, 2.45) is 10.4 Å². The van der Waals surface area contributed by atoms with Crippen LogP contribution in [0, 0.1) is 11.2 Å². The standard InChI is InChI=1S/C33H38BrClFN7O5/c1-31(2,3)16-33(22-11-8-19(34)14-24(22)36)27(44)43(28(41-33)40-30(46)48-32(4,5)6)25(15-47-29(45)39-20-9-10-20)18-7-12-23(35)21(13-18)26-37-17-38-42-26/h7-8,11-14,17,20,25H,9-10,15-16H2,1-6H3,(H,39,45)(H,37,38,42)(H,40,41,46)/t25-,33-/m1/s1. The second-order valence-electron chi connectivity index (χ2n) is 14.1. The average Bonchev–Trinajstić information content (AvgIpc) is 3.52. The summed E-state index contributed by atoms with van der Waals surface area (Å²) in [5.74, 6) is -1.15. The van der Waals surface area contributed by atoms with E-state index in [2.05, 4.69) is 41.7 Å². The number of alkyl carbamates (subject to hydrolysis) is 2. The lowest BCUT2D eigenvalue weighted by Gasteiger charge is -2.35. The molecule has 3 N–H and O–H groups in total. The van der Waals surface area contributed by atoms with E-state index in [1.807, 2.05) is 20.8 Å². The van der Waals surface area contributed by atoms with Gasteiger partial charge in [0.15, 0.2) is 11.4 Å². The third-order valence-corrected chi connectivity index (χ3v) is 8.32. The zero-order valence-electron chi connectivity index (χ0n) is 27.5. The predicted molar refractivity (Wildman–Crippen MR) is 181 cm³/mol. The number of benzene rings is 2. The third-order valence-electron chi connectivity index (χ3n) is 7.50. The van der Waals surface area contributed by atoms with E-state index >= 15 is 9.18 Å². The molecule has 0 radical (unpaired) electrons. The lowest BCUT2D eigenvalue weighted by Crippen LogP contribution is -2.50. The highest BCUT2D eigenvalue weighted by Crippen LogP contribution is 2.46. The number of carbonyl (C=O) groups excluding carboxylic acids is 3. The van der Waals surface area contributed by atoms with E-state index in [1.54, 1.807) is 45.0 Å². The molecule has 1 saturated carbocycles. The maximum Gasteiger partial charge on any atom is 0.414 e. The third kappa shape index (κ3) is 8.15. The Labute approximate surface area is 291 Å². The van der Waals surface area contributed by atoms with Gasteiger partial charge in [-0.05, 0) is 75.3 Å². The van der Waals surface area contributed by atoms with Crippen molar-refractivity contribution in [3.05, 3.63) is 69.2 Å². The van der Waals surface area contributed by atoms with Gasteiger partial charge in [0.05, 0.1) is 11.1 Å². The Kier molecular flexibility index (Phi) is 9.89. The summed E-state index contributed by atoms with van der Waals surface area (Å²) in [5, 5.41) is 12.5. The van der Waals surface area contributed by atoms with Gasteiger partial charge in [0.2, 0.25) is 5.96 Å². The normalized spacial score (nSPS) is 18.7. The summed E-state index contributed by atoms with van der Waals surface area (Å²) in [6.07, 6.45) is 1.52. The fourth-order valence-electron chi connectivity index (χ4n) is 5.51. The van der Waals surface area contributed by atoms with E-state index in [-0.39, 0.29) is 30.6 Å².